The summed E-state index contributed by atoms with van der Waals surface area (Å²) in [7, 11) is 1.54. The Morgan fingerprint density at radius 3 is 2.77 bits per heavy atom. The summed E-state index contributed by atoms with van der Waals surface area (Å²) in [6.07, 6.45) is 1.53. The molecule has 0 unspecified atom stereocenters. The van der Waals surface area contributed by atoms with Crippen molar-refractivity contribution < 1.29 is 9.15 Å². The fourth-order valence-corrected chi connectivity index (χ4v) is 2.83. The van der Waals surface area contributed by atoms with Gasteiger partial charge >= 0.3 is 0 Å². The first-order valence-electron chi connectivity index (χ1n) is 6.67. The normalized spacial score (nSPS) is 11.4. The van der Waals surface area contributed by atoms with Gasteiger partial charge in [0.05, 0.1) is 28.4 Å². The maximum atomic E-state index is 12.6. The van der Waals surface area contributed by atoms with E-state index in [9.17, 15) is 4.79 Å². The molecule has 0 aliphatic rings. The third kappa shape index (κ3) is 1.77. The molecule has 0 amide bonds. The van der Waals surface area contributed by atoms with Gasteiger partial charge in [0, 0.05) is 11.6 Å². The third-order valence-electron chi connectivity index (χ3n) is 3.68. The van der Waals surface area contributed by atoms with Gasteiger partial charge in [0.1, 0.15) is 16.9 Å². The molecule has 2 heterocycles. The standard InChI is InChI=1S/C17H10ClNO3/c1-21-15-6-10-13(7-12(15)18)19-8-11-16(20)9-4-2-3-5-14(9)22-17(10)11/h2-8H,1H3. The van der Waals surface area contributed by atoms with Crippen LogP contribution < -0.4 is 10.2 Å². The molecule has 4 nitrogen and oxygen atoms in total. The van der Waals surface area contributed by atoms with Gasteiger partial charge in [0.2, 0.25) is 5.43 Å². The highest BCUT2D eigenvalue weighted by Crippen LogP contribution is 2.33. The van der Waals surface area contributed by atoms with E-state index in [1.54, 1.807) is 24.3 Å². The molecule has 0 spiro atoms. The summed E-state index contributed by atoms with van der Waals surface area (Å²) < 4.78 is 11.2. The van der Waals surface area contributed by atoms with Crippen molar-refractivity contribution in [3.05, 3.63) is 57.8 Å². The summed E-state index contributed by atoms with van der Waals surface area (Å²) in [4.78, 5) is 16.9. The van der Waals surface area contributed by atoms with E-state index >= 15 is 0 Å². The first-order valence-corrected chi connectivity index (χ1v) is 7.04. The Morgan fingerprint density at radius 1 is 1.14 bits per heavy atom. The number of nitrogens with zero attached hydrogens (tertiary/aromatic N) is 1. The lowest BCUT2D eigenvalue weighted by atomic mass is 10.1. The highest BCUT2D eigenvalue weighted by atomic mass is 35.5. The van der Waals surface area contributed by atoms with Gasteiger partial charge in [-0.3, -0.25) is 9.78 Å². The summed E-state index contributed by atoms with van der Waals surface area (Å²) in [6, 6.07) is 10.6. The molecule has 2 aromatic heterocycles. The van der Waals surface area contributed by atoms with Crippen LogP contribution >= 0.6 is 11.6 Å². The molecule has 22 heavy (non-hydrogen) atoms. The van der Waals surface area contributed by atoms with Gasteiger partial charge in [-0.1, -0.05) is 23.7 Å². The van der Waals surface area contributed by atoms with E-state index in [4.69, 9.17) is 20.8 Å². The van der Waals surface area contributed by atoms with Crippen LogP contribution in [0, 0.1) is 0 Å². The van der Waals surface area contributed by atoms with Gasteiger partial charge in [0.15, 0.2) is 0 Å². The molecule has 0 saturated heterocycles. The zero-order valence-electron chi connectivity index (χ0n) is 11.6. The van der Waals surface area contributed by atoms with Gasteiger partial charge < -0.3 is 9.15 Å². The van der Waals surface area contributed by atoms with Crippen molar-refractivity contribution in [1.29, 1.82) is 0 Å². The lowest BCUT2D eigenvalue weighted by molar-refractivity contribution is 0.415. The Kier molecular flexibility index (Phi) is 2.81. The number of ether oxygens (including phenoxy) is 1. The second kappa shape index (κ2) is 4.71. The number of fused-ring (bicyclic) bond motifs is 4. The summed E-state index contributed by atoms with van der Waals surface area (Å²) in [5, 5.41) is 2.14. The van der Waals surface area contributed by atoms with Crippen LogP contribution in [-0.4, -0.2) is 12.1 Å². The van der Waals surface area contributed by atoms with E-state index in [1.807, 2.05) is 12.1 Å². The molecule has 2 aromatic carbocycles. The van der Waals surface area contributed by atoms with Crippen molar-refractivity contribution in [3.8, 4) is 5.75 Å². The lowest BCUT2D eigenvalue weighted by Gasteiger charge is -2.07. The minimum absolute atomic E-state index is 0.0971. The predicted molar refractivity (Wildman–Crippen MR) is 86.9 cm³/mol. The van der Waals surface area contributed by atoms with Crippen LogP contribution in [-0.2, 0) is 0 Å². The van der Waals surface area contributed by atoms with Crippen LogP contribution in [0.15, 0.2) is 51.8 Å². The number of aromatic nitrogens is 1. The molecule has 4 aromatic rings. The molecule has 0 bridgehead atoms. The highest BCUT2D eigenvalue weighted by molar-refractivity contribution is 6.33. The monoisotopic (exact) mass is 311 g/mol. The number of hydrogen-bond acceptors (Lipinski definition) is 4. The number of rotatable bonds is 1. The first-order chi connectivity index (χ1) is 10.7. The Balaban J connectivity index is 2.26. The van der Waals surface area contributed by atoms with Crippen LogP contribution in [0.4, 0.5) is 0 Å². The fourth-order valence-electron chi connectivity index (χ4n) is 2.60. The lowest BCUT2D eigenvalue weighted by Crippen LogP contribution is -2.03. The molecule has 0 atom stereocenters. The molecule has 0 fully saturated rings. The van der Waals surface area contributed by atoms with Crippen molar-refractivity contribution in [2.24, 2.45) is 0 Å². The average molecular weight is 312 g/mol. The Morgan fingerprint density at radius 2 is 1.95 bits per heavy atom. The van der Waals surface area contributed by atoms with Crippen molar-refractivity contribution in [3.63, 3.8) is 0 Å². The summed E-state index contributed by atoms with van der Waals surface area (Å²) in [5.41, 5.74) is 1.59. The van der Waals surface area contributed by atoms with Gasteiger partial charge in [-0.15, -0.1) is 0 Å². The SMILES string of the molecule is COc1cc2c(cc1Cl)ncc1c(=O)c3ccccc3oc12. The Bertz CT molecular complexity index is 1100. The first kappa shape index (κ1) is 13.1. The second-order valence-corrected chi connectivity index (χ2v) is 5.34. The van der Waals surface area contributed by atoms with E-state index in [2.05, 4.69) is 4.98 Å². The molecule has 108 valence electrons. The minimum atomic E-state index is -0.0971. The number of halogens is 1. The van der Waals surface area contributed by atoms with Gasteiger partial charge in [-0.25, -0.2) is 0 Å². The molecule has 5 heteroatoms. The van der Waals surface area contributed by atoms with Gasteiger partial charge in [-0.05, 0) is 24.3 Å². The maximum absolute atomic E-state index is 12.6. The second-order valence-electron chi connectivity index (χ2n) is 4.93. The van der Waals surface area contributed by atoms with E-state index in [1.165, 1.54) is 13.3 Å². The van der Waals surface area contributed by atoms with E-state index in [0.29, 0.717) is 43.6 Å². The number of para-hydroxylation sites is 1. The van der Waals surface area contributed by atoms with Crippen LogP contribution in [0.3, 0.4) is 0 Å². The van der Waals surface area contributed by atoms with Crippen molar-refractivity contribution >= 4 is 44.4 Å². The van der Waals surface area contributed by atoms with Crippen molar-refractivity contribution in [1.82, 2.24) is 4.98 Å². The quantitative estimate of drug-likeness (QED) is 0.391. The van der Waals surface area contributed by atoms with Crippen LogP contribution in [0.5, 0.6) is 5.75 Å². The number of methoxy groups -OCH3 is 1. The average Bonchev–Trinajstić information content (AvgIpc) is 2.54. The summed E-state index contributed by atoms with van der Waals surface area (Å²) in [6.45, 7) is 0. The molecule has 0 radical (unpaired) electrons. The number of benzene rings is 2. The largest absolute Gasteiger partial charge is 0.495 e. The molecule has 0 aliphatic heterocycles. The van der Waals surface area contributed by atoms with E-state index < -0.39 is 0 Å². The van der Waals surface area contributed by atoms with Crippen LogP contribution in [0.1, 0.15) is 0 Å². The molecular weight excluding hydrogens is 302 g/mol. The highest BCUT2D eigenvalue weighted by Gasteiger charge is 2.13. The van der Waals surface area contributed by atoms with Crippen LogP contribution in [0.2, 0.25) is 5.02 Å². The molecule has 0 aliphatic carbocycles. The van der Waals surface area contributed by atoms with Crippen LogP contribution in [0.25, 0.3) is 32.8 Å². The number of pyridine rings is 1. The van der Waals surface area contributed by atoms with E-state index in [-0.39, 0.29) is 5.43 Å². The minimum Gasteiger partial charge on any atom is -0.495 e. The Labute approximate surface area is 129 Å². The van der Waals surface area contributed by atoms with Gasteiger partial charge in [-0.2, -0.15) is 0 Å². The summed E-state index contributed by atoms with van der Waals surface area (Å²) in [5.74, 6) is 0.513. The molecular formula is C17H10ClNO3. The zero-order chi connectivity index (χ0) is 15.3. The van der Waals surface area contributed by atoms with Crippen molar-refractivity contribution in [2.75, 3.05) is 7.11 Å². The smallest absolute Gasteiger partial charge is 0.202 e. The Hall–Kier alpha value is -2.59. The molecule has 0 saturated carbocycles. The van der Waals surface area contributed by atoms with Crippen molar-refractivity contribution in [2.45, 2.75) is 0 Å². The fraction of sp³-hybridized carbons (Fsp3) is 0.0588. The summed E-state index contributed by atoms with van der Waals surface area (Å²) >= 11 is 6.12. The predicted octanol–water partition coefficient (Wildman–Crippen LogP) is 4.16. The zero-order valence-corrected chi connectivity index (χ0v) is 12.3. The topological polar surface area (TPSA) is 52.3 Å². The number of hydrogen-bond donors (Lipinski definition) is 0. The maximum Gasteiger partial charge on any atom is 0.202 e. The molecule has 0 N–H and O–H groups in total. The van der Waals surface area contributed by atoms with Gasteiger partial charge in [0.25, 0.3) is 0 Å². The third-order valence-corrected chi connectivity index (χ3v) is 3.98. The van der Waals surface area contributed by atoms with E-state index in [0.717, 1.165) is 0 Å². The molecule has 4 rings (SSSR count).